The maximum absolute atomic E-state index is 10.8. The minimum Gasteiger partial charge on any atom is -0.497 e. The number of hydrogen-bond donors (Lipinski definition) is 1. The van der Waals surface area contributed by atoms with E-state index in [-0.39, 0.29) is 0 Å². The van der Waals surface area contributed by atoms with Crippen LogP contribution in [0.1, 0.15) is 42.8 Å². The second-order valence-electron chi connectivity index (χ2n) is 5.87. The normalized spacial score (nSPS) is 25.8. The van der Waals surface area contributed by atoms with Gasteiger partial charge in [-0.15, -0.1) is 0 Å². The highest BCUT2D eigenvalue weighted by molar-refractivity contribution is 5.40. The number of benzene rings is 1. The summed E-state index contributed by atoms with van der Waals surface area (Å²) >= 11 is 0. The number of aryl methyl sites for hydroxylation is 1. The van der Waals surface area contributed by atoms with Crippen molar-refractivity contribution in [2.24, 2.45) is 0 Å². The van der Waals surface area contributed by atoms with Gasteiger partial charge < -0.3 is 14.3 Å². The standard InChI is InChI=1S/C18H22O3/c1-13-6-11-17(21-13)18(12-4-3-5-16(18)19)14-7-9-15(20-2)10-8-14/h6-11,16,19H,3-5,12H2,1-2H3. The topological polar surface area (TPSA) is 42.6 Å². The lowest BCUT2D eigenvalue weighted by molar-refractivity contribution is 0.0517. The van der Waals surface area contributed by atoms with Crippen molar-refractivity contribution in [1.82, 2.24) is 0 Å². The highest BCUT2D eigenvalue weighted by atomic mass is 16.5. The van der Waals surface area contributed by atoms with Crippen molar-refractivity contribution in [2.75, 3.05) is 7.11 Å². The number of aliphatic hydroxyl groups excluding tert-OH is 1. The van der Waals surface area contributed by atoms with Crippen LogP contribution in [0.2, 0.25) is 0 Å². The van der Waals surface area contributed by atoms with Crippen LogP contribution in [-0.2, 0) is 5.41 Å². The van der Waals surface area contributed by atoms with E-state index in [0.717, 1.165) is 48.5 Å². The Bertz CT molecular complexity index is 599. The van der Waals surface area contributed by atoms with Crippen LogP contribution in [0, 0.1) is 6.92 Å². The van der Waals surface area contributed by atoms with E-state index in [4.69, 9.17) is 9.15 Å². The summed E-state index contributed by atoms with van der Waals surface area (Å²) in [7, 11) is 1.66. The van der Waals surface area contributed by atoms with Crippen molar-refractivity contribution < 1.29 is 14.3 Å². The molecule has 1 saturated carbocycles. The molecule has 21 heavy (non-hydrogen) atoms. The lowest BCUT2D eigenvalue weighted by Crippen LogP contribution is -2.43. The van der Waals surface area contributed by atoms with Gasteiger partial charge in [0.15, 0.2) is 0 Å². The minimum absolute atomic E-state index is 0.412. The molecule has 3 nitrogen and oxygen atoms in total. The molecular formula is C18H22O3. The van der Waals surface area contributed by atoms with Gasteiger partial charge in [-0.2, -0.15) is 0 Å². The third-order valence-corrected chi connectivity index (χ3v) is 4.65. The number of furan rings is 1. The van der Waals surface area contributed by atoms with Crippen LogP contribution in [-0.4, -0.2) is 18.3 Å². The summed E-state index contributed by atoms with van der Waals surface area (Å²) in [5, 5.41) is 10.8. The van der Waals surface area contributed by atoms with E-state index in [1.807, 2.05) is 43.3 Å². The Balaban J connectivity index is 2.10. The van der Waals surface area contributed by atoms with E-state index < -0.39 is 11.5 Å². The van der Waals surface area contributed by atoms with Crippen LogP contribution in [0.4, 0.5) is 0 Å². The van der Waals surface area contributed by atoms with E-state index in [0.29, 0.717) is 0 Å². The molecule has 1 fully saturated rings. The zero-order chi connectivity index (χ0) is 14.9. The van der Waals surface area contributed by atoms with Crippen molar-refractivity contribution in [3.8, 4) is 5.75 Å². The summed E-state index contributed by atoms with van der Waals surface area (Å²) in [6, 6.07) is 12.0. The number of hydrogen-bond acceptors (Lipinski definition) is 3. The summed E-state index contributed by atoms with van der Waals surface area (Å²) in [5.74, 6) is 2.59. The number of aliphatic hydroxyl groups is 1. The molecular weight excluding hydrogens is 264 g/mol. The Morgan fingerprint density at radius 1 is 1.14 bits per heavy atom. The van der Waals surface area contributed by atoms with Gasteiger partial charge in [0, 0.05) is 0 Å². The second kappa shape index (κ2) is 5.57. The van der Waals surface area contributed by atoms with Crippen molar-refractivity contribution in [3.05, 3.63) is 53.5 Å². The van der Waals surface area contributed by atoms with Gasteiger partial charge in [0.1, 0.15) is 17.3 Å². The van der Waals surface area contributed by atoms with E-state index in [9.17, 15) is 5.11 Å². The molecule has 3 heteroatoms. The van der Waals surface area contributed by atoms with Gasteiger partial charge in [0.05, 0.1) is 18.6 Å². The lowest BCUT2D eigenvalue weighted by atomic mass is 9.66. The SMILES string of the molecule is COc1ccc(C2(c3ccc(C)o3)CCCCC2O)cc1. The molecule has 1 aliphatic rings. The number of ether oxygens (including phenoxy) is 1. The second-order valence-corrected chi connectivity index (χ2v) is 5.87. The quantitative estimate of drug-likeness (QED) is 0.932. The van der Waals surface area contributed by atoms with Crippen LogP contribution >= 0.6 is 0 Å². The number of rotatable bonds is 3. The molecule has 0 amide bonds. The fourth-order valence-electron chi connectivity index (χ4n) is 3.48. The molecule has 0 bridgehead atoms. The first-order chi connectivity index (χ1) is 10.2. The van der Waals surface area contributed by atoms with Gasteiger partial charge in [-0.05, 0) is 49.6 Å². The Kier molecular flexibility index (Phi) is 3.77. The van der Waals surface area contributed by atoms with E-state index in [1.165, 1.54) is 0 Å². The minimum atomic E-state index is -0.432. The van der Waals surface area contributed by atoms with Crippen LogP contribution in [0.3, 0.4) is 0 Å². The molecule has 2 atom stereocenters. The largest absolute Gasteiger partial charge is 0.497 e. The molecule has 1 N–H and O–H groups in total. The fraction of sp³-hybridized carbons (Fsp3) is 0.444. The Hall–Kier alpha value is -1.74. The van der Waals surface area contributed by atoms with Gasteiger partial charge >= 0.3 is 0 Å². The Morgan fingerprint density at radius 2 is 1.90 bits per heavy atom. The van der Waals surface area contributed by atoms with Gasteiger partial charge in [-0.25, -0.2) is 0 Å². The molecule has 0 radical (unpaired) electrons. The van der Waals surface area contributed by atoms with Gasteiger partial charge in [-0.3, -0.25) is 0 Å². The van der Waals surface area contributed by atoms with Crippen molar-refractivity contribution >= 4 is 0 Å². The summed E-state index contributed by atoms with van der Waals surface area (Å²) in [6.07, 6.45) is 3.48. The lowest BCUT2D eigenvalue weighted by Gasteiger charge is -2.40. The first-order valence-electron chi connectivity index (χ1n) is 7.56. The first kappa shape index (κ1) is 14.2. The Labute approximate surface area is 125 Å². The average Bonchev–Trinajstić information content (AvgIpc) is 2.95. The zero-order valence-electron chi connectivity index (χ0n) is 12.6. The summed E-state index contributed by atoms with van der Waals surface area (Å²) in [5.41, 5.74) is 0.670. The predicted octanol–water partition coefficient (Wildman–Crippen LogP) is 3.82. The molecule has 0 aliphatic heterocycles. The van der Waals surface area contributed by atoms with Crippen LogP contribution in [0.5, 0.6) is 5.75 Å². The molecule has 0 saturated heterocycles. The van der Waals surface area contributed by atoms with Crippen LogP contribution in [0.25, 0.3) is 0 Å². The van der Waals surface area contributed by atoms with Gasteiger partial charge in [-0.1, -0.05) is 25.0 Å². The molecule has 1 heterocycles. The van der Waals surface area contributed by atoms with Crippen molar-refractivity contribution in [2.45, 2.75) is 44.1 Å². The highest BCUT2D eigenvalue weighted by Crippen LogP contribution is 2.45. The van der Waals surface area contributed by atoms with E-state index in [1.54, 1.807) is 7.11 Å². The summed E-state index contributed by atoms with van der Waals surface area (Å²) in [4.78, 5) is 0. The molecule has 1 aromatic carbocycles. The average molecular weight is 286 g/mol. The first-order valence-corrected chi connectivity index (χ1v) is 7.56. The maximum Gasteiger partial charge on any atom is 0.118 e. The third kappa shape index (κ3) is 2.36. The zero-order valence-corrected chi connectivity index (χ0v) is 12.6. The number of methoxy groups -OCH3 is 1. The summed E-state index contributed by atoms with van der Waals surface area (Å²) in [6.45, 7) is 1.94. The van der Waals surface area contributed by atoms with Gasteiger partial charge in [0.25, 0.3) is 0 Å². The molecule has 1 aromatic heterocycles. The molecule has 1 aliphatic carbocycles. The third-order valence-electron chi connectivity index (χ3n) is 4.65. The van der Waals surface area contributed by atoms with Crippen molar-refractivity contribution in [1.29, 1.82) is 0 Å². The van der Waals surface area contributed by atoms with Crippen LogP contribution in [0.15, 0.2) is 40.8 Å². The Morgan fingerprint density at radius 3 is 2.48 bits per heavy atom. The van der Waals surface area contributed by atoms with Gasteiger partial charge in [0.2, 0.25) is 0 Å². The molecule has 2 aromatic rings. The van der Waals surface area contributed by atoms with Crippen LogP contribution < -0.4 is 4.74 Å². The molecule has 0 spiro atoms. The highest BCUT2D eigenvalue weighted by Gasteiger charge is 2.45. The van der Waals surface area contributed by atoms with E-state index in [2.05, 4.69) is 0 Å². The van der Waals surface area contributed by atoms with E-state index >= 15 is 0 Å². The summed E-state index contributed by atoms with van der Waals surface area (Å²) < 4.78 is 11.2. The molecule has 3 rings (SSSR count). The molecule has 112 valence electrons. The van der Waals surface area contributed by atoms with Crippen molar-refractivity contribution in [3.63, 3.8) is 0 Å². The smallest absolute Gasteiger partial charge is 0.118 e. The predicted molar refractivity (Wildman–Crippen MR) is 81.7 cm³/mol. The maximum atomic E-state index is 10.8. The molecule has 2 unspecified atom stereocenters. The fourth-order valence-corrected chi connectivity index (χ4v) is 3.48. The monoisotopic (exact) mass is 286 g/mol.